The van der Waals surface area contributed by atoms with E-state index in [1.54, 1.807) is 21.5 Å². The number of hydrogen-bond donors (Lipinski definition) is 3. The Labute approximate surface area is 173 Å². The fourth-order valence-electron chi connectivity index (χ4n) is 3.86. The number of anilines is 2. The Hall–Kier alpha value is -3.46. The van der Waals surface area contributed by atoms with E-state index in [4.69, 9.17) is 0 Å². The lowest BCUT2D eigenvalue weighted by atomic mass is 10.1. The molecule has 3 aromatic rings. The summed E-state index contributed by atoms with van der Waals surface area (Å²) >= 11 is 0. The molecule has 0 aliphatic carbocycles. The molecule has 9 nitrogen and oxygen atoms in total. The minimum absolute atomic E-state index is 0.0827. The van der Waals surface area contributed by atoms with Gasteiger partial charge in [-0.15, -0.1) is 0 Å². The number of nitrogens with zero attached hydrogens (tertiary/aromatic N) is 4. The van der Waals surface area contributed by atoms with Crippen molar-refractivity contribution in [2.24, 2.45) is 0 Å². The molecule has 1 aliphatic rings. The minimum Gasteiger partial charge on any atom is -0.395 e. The summed E-state index contributed by atoms with van der Waals surface area (Å²) < 4.78 is 1.73. The third-order valence-corrected chi connectivity index (χ3v) is 5.37. The first-order chi connectivity index (χ1) is 14.5. The van der Waals surface area contributed by atoms with Crippen molar-refractivity contribution in [2.45, 2.75) is 27.3 Å². The SMILES string of the molecule is CCNC(=O)c1ccc(C)c(Nc2ncnn3c4c(c(C)c23)C(=O)N(CCO)C4)c1. The zero-order chi connectivity index (χ0) is 21.4. The van der Waals surface area contributed by atoms with Crippen LogP contribution in [0.3, 0.4) is 0 Å². The van der Waals surface area contributed by atoms with Crippen LogP contribution in [0.25, 0.3) is 5.52 Å². The van der Waals surface area contributed by atoms with E-state index in [-0.39, 0.29) is 25.0 Å². The molecule has 2 amide bonds. The molecule has 0 saturated heterocycles. The maximum atomic E-state index is 12.8. The van der Waals surface area contributed by atoms with Gasteiger partial charge in [0, 0.05) is 24.3 Å². The largest absolute Gasteiger partial charge is 0.395 e. The van der Waals surface area contributed by atoms with Crippen LogP contribution in [0, 0.1) is 13.8 Å². The van der Waals surface area contributed by atoms with Gasteiger partial charge < -0.3 is 20.6 Å². The van der Waals surface area contributed by atoms with Gasteiger partial charge in [0.25, 0.3) is 11.8 Å². The summed E-state index contributed by atoms with van der Waals surface area (Å²) in [6, 6.07) is 5.46. The topological polar surface area (TPSA) is 112 Å². The minimum atomic E-state index is -0.138. The number of aromatic nitrogens is 3. The van der Waals surface area contributed by atoms with E-state index in [1.807, 2.05) is 26.8 Å². The average molecular weight is 408 g/mol. The number of aliphatic hydroxyl groups excluding tert-OH is 1. The molecule has 4 rings (SSSR count). The third-order valence-electron chi connectivity index (χ3n) is 5.37. The number of amides is 2. The standard InChI is InChI=1S/C21H24N6O3/c1-4-22-20(29)14-6-5-12(2)15(9-14)25-19-18-13(3)17-16(27(18)24-11-23-19)10-26(7-8-28)21(17)30/h5-6,9,11,28H,4,7-8,10H2,1-3H3,(H,22,29)(H,23,24,25). The van der Waals surface area contributed by atoms with Crippen molar-refractivity contribution in [3.63, 3.8) is 0 Å². The van der Waals surface area contributed by atoms with Crippen LogP contribution >= 0.6 is 0 Å². The highest BCUT2D eigenvalue weighted by atomic mass is 16.3. The Morgan fingerprint density at radius 3 is 2.83 bits per heavy atom. The van der Waals surface area contributed by atoms with Gasteiger partial charge in [-0.25, -0.2) is 9.50 Å². The van der Waals surface area contributed by atoms with Crippen LogP contribution in [-0.4, -0.2) is 56.1 Å². The number of fused-ring (bicyclic) bond motifs is 3. The maximum Gasteiger partial charge on any atom is 0.256 e. The third kappa shape index (κ3) is 3.17. The number of aliphatic hydroxyl groups is 1. The summed E-state index contributed by atoms with van der Waals surface area (Å²) in [5, 5.41) is 19.7. The first-order valence-electron chi connectivity index (χ1n) is 9.87. The van der Waals surface area contributed by atoms with E-state index in [9.17, 15) is 14.7 Å². The molecule has 0 spiro atoms. The van der Waals surface area contributed by atoms with Crippen molar-refractivity contribution in [2.75, 3.05) is 25.0 Å². The molecule has 2 aromatic heterocycles. The van der Waals surface area contributed by atoms with Gasteiger partial charge in [-0.1, -0.05) is 6.07 Å². The highest BCUT2D eigenvalue weighted by Gasteiger charge is 2.34. The lowest BCUT2D eigenvalue weighted by molar-refractivity contribution is 0.0743. The van der Waals surface area contributed by atoms with Crippen molar-refractivity contribution < 1.29 is 14.7 Å². The van der Waals surface area contributed by atoms with Gasteiger partial charge in [-0.05, 0) is 44.0 Å². The number of nitrogens with one attached hydrogen (secondary N) is 2. The Morgan fingerprint density at radius 2 is 2.10 bits per heavy atom. The number of β-amino-alcohol motifs (C(OH)–C–C–N with tert-alkyl or cyclic N) is 1. The molecule has 156 valence electrons. The number of carbonyl (C=O) groups excluding carboxylic acids is 2. The molecule has 0 bridgehead atoms. The molecular weight excluding hydrogens is 384 g/mol. The van der Waals surface area contributed by atoms with Gasteiger partial charge >= 0.3 is 0 Å². The Morgan fingerprint density at radius 1 is 1.30 bits per heavy atom. The highest BCUT2D eigenvalue weighted by molar-refractivity contribution is 6.03. The molecule has 3 N–H and O–H groups in total. The van der Waals surface area contributed by atoms with Crippen molar-refractivity contribution in [1.29, 1.82) is 0 Å². The normalized spacial score (nSPS) is 13.1. The maximum absolute atomic E-state index is 12.8. The Kier molecular flexibility index (Phi) is 5.13. The van der Waals surface area contributed by atoms with Gasteiger partial charge in [0.15, 0.2) is 5.82 Å². The van der Waals surface area contributed by atoms with E-state index in [0.29, 0.717) is 30.0 Å². The van der Waals surface area contributed by atoms with Crippen molar-refractivity contribution in [3.8, 4) is 0 Å². The van der Waals surface area contributed by atoms with Gasteiger partial charge in [-0.2, -0.15) is 5.10 Å². The van der Waals surface area contributed by atoms with E-state index in [1.165, 1.54) is 6.33 Å². The molecule has 3 heterocycles. The second-order valence-corrected chi connectivity index (χ2v) is 7.28. The van der Waals surface area contributed by atoms with Gasteiger partial charge in [0.05, 0.1) is 24.4 Å². The van der Waals surface area contributed by atoms with Crippen LogP contribution in [0.15, 0.2) is 24.5 Å². The summed E-state index contributed by atoms with van der Waals surface area (Å²) in [7, 11) is 0. The summed E-state index contributed by atoms with van der Waals surface area (Å²) in [5.74, 6) is 0.317. The molecule has 30 heavy (non-hydrogen) atoms. The van der Waals surface area contributed by atoms with Gasteiger partial charge in [0.1, 0.15) is 11.8 Å². The average Bonchev–Trinajstić information content (AvgIpc) is 3.20. The molecule has 0 unspecified atom stereocenters. The predicted octanol–water partition coefficient (Wildman–Crippen LogP) is 1.79. The molecule has 0 saturated carbocycles. The van der Waals surface area contributed by atoms with E-state index < -0.39 is 0 Å². The first kappa shape index (κ1) is 19.8. The van der Waals surface area contributed by atoms with Crippen molar-refractivity contribution in [1.82, 2.24) is 24.8 Å². The molecule has 1 aliphatic heterocycles. The van der Waals surface area contributed by atoms with Crippen molar-refractivity contribution in [3.05, 3.63) is 52.5 Å². The van der Waals surface area contributed by atoms with Crippen LogP contribution in [-0.2, 0) is 6.54 Å². The summed E-state index contributed by atoms with van der Waals surface area (Å²) in [6.45, 7) is 6.85. The van der Waals surface area contributed by atoms with Gasteiger partial charge in [-0.3, -0.25) is 9.59 Å². The van der Waals surface area contributed by atoms with Crippen LogP contribution < -0.4 is 10.6 Å². The summed E-state index contributed by atoms with van der Waals surface area (Å²) in [6.07, 6.45) is 1.44. The molecular formula is C21H24N6O3. The summed E-state index contributed by atoms with van der Waals surface area (Å²) in [5.41, 5.74) is 5.19. The smallest absolute Gasteiger partial charge is 0.256 e. The Balaban J connectivity index is 1.75. The monoisotopic (exact) mass is 408 g/mol. The number of rotatable bonds is 6. The van der Waals surface area contributed by atoms with E-state index >= 15 is 0 Å². The van der Waals surface area contributed by atoms with Crippen LogP contribution in [0.1, 0.15) is 44.5 Å². The molecule has 0 radical (unpaired) electrons. The number of aryl methyl sites for hydroxylation is 2. The zero-order valence-corrected chi connectivity index (χ0v) is 17.2. The fourth-order valence-corrected chi connectivity index (χ4v) is 3.86. The summed E-state index contributed by atoms with van der Waals surface area (Å²) in [4.78, 5) is 31.0. The second-order valence-electron chi connectivity index (χ2n) is 7.28. The van der Waals surface area contributed by atoms with E-state index in [2.05, 4.69) is 20.7 Å². The van der Waals surface area contributed by atoms with Crippen LogP contribution in [0.2, 0.25) is 0 Å². The molecule has 0 atom stereocenters. The number of carbonyl (C=O) groups is 2. The molecule has 0 fully saturated rings. The quantitative estimate of drug-likeness (QED) is 0.573. The van der Waals surface area contributed by atoms with Crippen molar-refractivity contribution >= 4 is 28.8 Å². The number of benzene rings is 1. The van der Waals surface area contributed by atoms with Crippen LogP contribution in [0.4, 0.5) is 11.5 Å². The Bertz CT molecular complexity index is 1150. The molecule has 1 aromatic carbocycles. The predicted molar refractivity (Wildman–Crippen MR) is 112 cm³/mol. The van der Waals surface area contributed by atoms with E-state index in [0.717, 1.165) is 28.0 Å². The van der Waals surface area contributed by atoms with Gasteiger partial charge in [0.2, 0.25) is 0 Å². The lowest BCUT2D eigenvalue weighted by Crippen LogP contribution is -2.27. The first-order valence-corrected chi connectivity index (χ1v) is 9.87. The zero-order valence-electron chi connectivity index (χ0n) is 17.2. The van der Waals surface area contributed by atoms with Crippen LogP contribution in [0.5, 0.6) is 0 Å². The molecule has 9 heteroatoms. The lowest BCUT2D eigenvalue weighted by Gasteiger charge is -2.16. The number of hydrogen-bond acceptors (Lipinski definition) is 6. The second kappa shape index (κ2) is 7.75. The highest BCUT2D eigenvalue weighted by Crippen LogP contribution is 2.34. The fraction of sp³-hybridized carbons (Fsp3) is 0.333.